The molecule has 1 fully saturated rings. The lowest BCUT2D eigenvalue weighted by molar-refractivity contribution is -0.605. The van der Waals surface area contributed by atoms with E-state index >= 15 is 0 Å². The summed E-state index contributed by atoms with van der Waals surface area (Å²) in [6.45, 7) is 7.10. The summed E-state index contributed by atoms with van der Waals surface area (Å²) in [6.07, 6.45) is 0. The number of piperidine rings is 1. The van der Waals surface area contributed by atoms with Crippen molar-refractivity contribution < 1.29 is 9.85 Å². The summed E-state index contributed by atoms with van der Waals surface area (Å²) in [4.78, 5) is 23.4. The van der Waals surface area contributed by atoms with E-state index in [-0.39, 0.29) is 9.85 Å². The summed E-state index contributed by atoms with van der Waals surface area (Å²) in [5.41, 5.74) is 2.28. The molecular weight excluding hydrogens is 358 g/mol. The Morgan fingerprint density at radius 1 is 0.786 bits per heavy atom. The van der Waals surface area contributed by atoms with Gasteiger partial charge in [-0.15, -0.1) is 0 Å². The lowest BCUT2D eigenvalue weighted by Crippen LogP contribution is -2.63. The molecule has 0 unspecified atom stereocenters. The maximum absolute atomic E-state index is 12.1. The number of nitro groups is 2. The van der Waals surface area contributed by atoms with Crippen LogP contribution in [0, 0.1) is 39.5 Å². The maximum Gasteiger partial charge on any atom is 0.243 e. The summed E-state index contributed by atoms with van der Waals surface area (Å²) < 4.78 is 0. The lowest BCUT2D eigenvalue weighted by Gasteiger charge is -2.45. The van der Waals surface area contributed by atoms with Crippen LogP contribution in [0.1, 0.15) is 48.2 Å². The average molecular weight is 383 g/mol. The molecular formula is C21H25N3O4. The molecule has 7 heteroatoms. The fourth-order valence-corrected chi connectivity index (χ4v) is 4.59. The van der Waals surface area contributed by atoms with Crippen molar-refractivity contribution in [1.29, 1.82) is 0 Å². The maximum atomic E-state index is 12.1. The molecule has 7 nitrogen and oxygen atoms in total. The molecule has 4 atom stereocenters. The molecule has 1 heterocycles. The second-order valence-electron chi connectivity index (χ2n) is 8.12. The minimum absolute atomic E-state index is 0.366. The van der Waals surface area contributed by atoms with Gasteiger partial charge in [0.1, 0.15) is 17.5 Å². The molecule has 0 aliphatic carbocycles. The number of nitrogens with one attached hydrogen (secondary N) is 1. The Morgan fingerprint density at radius 2 is 1.14 bits per heavy atom. The second kappa shape index (κ2) is 7.31. The largest absolute Gasteiger partial charge is 0.291 e. The van der Waals surface area contributed by atoms with Crippen LogP contribution >= 0.6 is 0 Å². The zero-order valence-corrected chi connectivity index (χ0v) is 16.5. The zero-order valence-electron chi connectivity index (χ0n) is 16.5. The summed E-state index contributed by atoms with van der Waals surface area (Å²) >= 11 is 0. The van der Waals surface area contributed by atoms with Gasteiger partial charge in [0.2, 0.25) is 12.1 Å². The quantitative estimate of drug-likeness (QED) is 0.635. The molecule has 148 valence electrons. The molecule has 1 N–H and O–H groups in total. The van der Waals surface area contributed by atoms with Crippen LogP contribution in [0.15, 0.2) is 48.5 Å². The van der Waals surface area contributed by atoms with E-state index in [1.165, 1.54) is 0 Å². The predicted octanol–water partition coefficient (Wildman–Crippen LogP) is 4.01. The van der Waals surface area contributed by atoms with Crippen molar-refractivity contribution in [2.45, 2.75) is 51.9 Å². The van der Waals surface area contributed by atoms with Gasteiger partial charge in [0.25, 0.3) is 0 Å². The highest BCUT2D eigenvalue weighted by Gasteiger charge is 2.63. The van der Waals surface area contributed by atoms with Crippen LogP contribution in [0.25, 0.3) is 0 Å². The summed E-state index contributed by atoms with van der Waals surface area (Å²) in [5, 5.41) is 27.5. The van der Waals surface area contributed by atoms with Gasteiger partial charge >= 0.3 is 0 Å². The molecule has 1 aliphatic rings. The predicted molar refractivity (Wildman–Crippen MR) is 106 cm³/mol. The van der Waals surface area contributed by atoms with Gasteiger partial charge < -0.3 is 0 Å². The molecule has 2 aromatic rings. The van der Waals surface area contributed by atoms with E-state index in [1.54, 1.807) is 13.8 Å². The van der Waals surface area contributed by atoms with E-state index in [1.807, 2.05) is 62.4 Å². The first-order valence-corrected chi connectivity index (χ1v) is 9.30. The molecule has 0 spiro atoms. The van der Waals surface area contributed by atoms with Crippen molar-refractivity contribution in [2.24, 2.45) is 5.41 Å². The van der Waals surface area contributed by atoms with E-state index in [0.717, 1.165) is 22.3 Å². The Balaban J connectivity index is 2.21. The van der Waals surface area contributed by atoms with Crippen LogP contribution in [0.4, 0.5) is 0 Å². The number of nitrogens with zero attached hydrogens (tertiary/aromatic N) is 2. The number of hydrogen-bond acceptors (Lipinski definition) is 5. The third-order valence-corrected chi connectivity index (χ3v) is 6.02. The third-order valence-electron chi connectivity index (χ3n) is 6.02. The van der Waals surface area contributed by atoms with Crippen LogP contribution in [-0.2, 0) is 0 Å². The Kier molecular flexibility index (Phi) is 5.21. The first-order valence-electron chi connectivity index (χ1n) is 9.30. The highest BCUT2D eigenvalue weighted by atomic mass is 16.6. The summed E-state index contributed by atoms with van der Waals surface area (Å²) in [5.74, 6) is 0. The van der Waals surface area contributed by atoms with Gasteiger partial charge in [-0.25, -0.2) is 0 Å². The molecule has 0 bridgehead atoms. The van der Waals surface area contributed by atoms with Crippen LogP contribution in [-0.4, -0.2) is 21.9 Å². The standard InChI is InChI=1S/C21H25N3O4/c1-13-9-5-7-11-15(13)17-19(23(25)26)21(3,4)20(24(27)28)18(22-17)16-12-8-6-10-14(16)2/h5-12,17-20,22H,1-4H3/t17-,18-,19-,20+/m1/s1. The molecule has 0 radical (unpaired) electrons. The topological polar surface area (TPSA) is 98.3 Å². The van der Waals surface area contributed by atoms with Crippen molar-refractivity contribution in [1.82, 2.24) is 5.32 Å². The molecule has 28 heavy (non-hydrogen) atoms. The number of hydrogen-bond donors (Lipinski definition) is 1. The molecule has 0 amide bonds. The van der Waals surface area contributed by atoms with Gasteiger partial charge in [-0.3, -0.25) is 25.5 Å². The monoisotopic (exact) mass is 383 g/mol. The lowest BCUT2D eigenvalue weighted by atomic mass is 9.66. The van der Waals surface area contributed by atoms with Crippen LogP contribution in [0.2, 0.25) is 0 Å². The van der Waals surface area contributed by atoms with E-state index in [2.05, 4.69) is 5.32 Å². The van der Waals surface area contributed by atoms with Gasteiger partial charge in [0, 0.05) is 9.85 Å². The van der Waals surface area contributed by atoms with Crippen LogP contribution < -0.4 is 5.32 Å². The minimum atomic E-state index is -1.17. The first kappa shape index (κ1) is 19.9. The highest BCUT2D eigenvalue weighted by molar-refractivity contribution is 5.35. The van der Waals surface area contributed by atoms with E-state index < -0.39 is 29.6 Å². The SMILES string of the molecule is Cc1ccccc1[C@H]1N[C@H](c2ccccc2C)[C@@H]([N+](=O)[O-])C(C)(C)[C@H]1[N+](=O)[O-]. The number of benzene rings is 2. The fraction of sp³-hybridized carbons (Fsp3) is 0.429. The van der Waals surface area contributed by atoms with Gasteiger partial charge in [0.05, 0.1) is 0 Å². The van der Waals surface area contributed by atoms with Gasteiger partial charge in [-0.2, -0.15) is 0 Å². The van der Waals surface area contributed by atoms with E-state index in [9.17, 15) is 20.2 Å². The van der Waals surface area contributed by atoms with Crippen molar-refractivity contribution in [3.05, 3.63) is 91.0 Å². The summed E-state index contributed by atoms with van der Waals surface area (Å²) in [6, 6.07) is 11.5. The van der Waals surface area contributed by atoms with Crippen molar-refractivity contribution >= 4 is 0 Å². The van der Waals surface area contributed by atoms with Gasteiger partial charge in [0.15, 0.2) is 0 Å². The molecule has 0 aromatic heterocycles. The molecule has 2 aromatic carbocycles. The Bertz CT molecular complexity index is 841. The number of rotatable bonds is 4. The van der Waals surface area contributed by atoms with Crippen molar-refractivity contribution in [3.63, 3.8) is 0 Å². The van der Waals surface area contributed by atoms with Crippen LogP contribution in [0.3, 0.4) is 0 Å². The van der Waals surface area contributed by atoms with Gasteiger partial charge in [-0.05, 0) is 49.9 Å². The molecule has 0 saturated carbocycles. The molecule has 1 saturated heterocycles. The first-order chi connectivity index (χ1) is 13.2. The smallest absolute Gasteiger partial charge is 0.243 e. The summed E-state index contributed by atoms with van der Waals surface area (Å²) in [7, 11) is 0. The average Bonchev–Trinajstić information content (AvgIpc) is 2.60. The van der Waals surface area contributed by atoms with Crippen molar-refractivity contribution in [2.75, 3.05) is 0 Å². The zero-order chi connectivity index (χ0) is 20.6. The second-order valence-corrected chi connectivity index (χ2v) is 8.12. The highest BCUT2D eigenvalue weighted by Crippen LogP contribution is 2.47. The van der Waals surface area contributed by atoms with Crippen molar-refractivity contribution in [3.8, 4) is 0 Å². The Labute approximate surface area is 164 Å². The third kappa shape index (κ3) is 3.26. The van der Waals surface area contributed by atoms with Crippen LogP contribution in [0.5, 0.6) is 0 Å². The normalized spacial score (nSPS) is 26.6. The van der Waals surface area contributed by atoms with E-state index in [4.69, 9.17) is 0 Å². The molecule has 1 aliphatic heterocycles. The molecule has 3 rings (SSSR count). The Morgan fingerprint density at radius 3 is 1.46 bits per heavy atom. The van der Waals surface area contributed by atoms with Gasteiger partial charge in [-0.1, -0.05) is 48.5 Å². The minimum Gasteiger partial charge on any atom is -0.291 e. The Hall–Kier alpha value is -2.80. The fourth-order valence-electron chi connectivity index (χ4n) is 4.59. The van der Waals surface area contributed by atoms with E-state index in [0.29, 0.717) is 0 Å². The number of aryl methyl sites for hydroxylation is 2.